The van der Waals surface area contributed by atoms with Gasteiger partial charge in [0.2, 0.25) is 11.1 Å². The van der Waals surface area contributed by atoms with Crippen LogP contribution in [0.3, 0.4) is 0 Å². The van der Waals surface area contributed by atoms with Crippen molar-refractivity contribution in [2.24, 2.45) is 0 Å². The van der Waals surface area contributed by atoms with Crippen LogP contribution in [0.4, 0.5) is 0 Å². The summed E-state index contributed by atoms with van der Waals surface area (Å²) in [6.45, 7) is 1.80. The molecule has 2 N–H and O–H groups in total. The second kappa shape index (κ2) is 7.66. The van der Waals surface area contributed by atoms with Gasteiger partial charge in [-0.3, -0.25) is 14.9 Å². The minimum absolute atomic E-state index is 0.149. The average molecular weight is 356 g/mol. The first-order chi connectivity index (χ1) is 12.1. The molecular formula is C17H20N6OS. The molecule has 0 bridgehead atoms. The second-order valence-electron chi connectivity index (χ2n) is 6.21. The molecule has 7 nitrogen and oxygen atoms in total. The SMILES string of the molecule is CC(Sc1n[nH]c(-c2ccncc2)n1)C(=O)NC1(C#N)CCCCC1. The number of amides is 1. The summed E-state index contributed by atoms with van der Waals surface area (Å²) in [7, 11) is 0. The normalized spacial score (nSPS) is 17.4. The third kappa shape index (κ3) is 4.17. The molecule has 1 unspecified atom stereocenters. The van der Waals surface area contributed by atoms with Crippen LogP contribution < -0.4 is 5.32 Å². The molecule has 25 heavy (non-hydrogen) atoms. The molecule has 130 valence electrons. The van der Waals surface area contributed by atoms with Crippen molar-refractivity contribution >= 4 is 17.7 Å². The lowest BCUT2D eigenvalue weighted by Crippen LogP contribution is -2.50. The van der Waals surface area contributed by atoms with Crippen LogP contribution in [0.15, 0.2) is 29.7 Å². The van der Waals surface area contributed by atoms with Crippen LogP contribution in [0.2, 0.25) is 0 Å². The van der Waals surface area contributed by atoms with E-state index in [0.717, 1.165) is 37.7 Å². The van der Waals surface area contributed by atoms with Crippen molar-refractivity contribution in [3.63, 3.8) is 0 Å². The highest BCUT2D eigenvalue weighted by atomic mass is 32.2. The highest BCUT2D eigenvalue weighted by molar-refractivity contribution is 8.00. The number of aromatic nitrogens is 4. The standard InChI is InChI=1S/C17H20N6OS/c1-12(15(24)21-17(11-18)7-3-2-4-8-17)25-16-20-14(22-23-16)13-5-9-19-10-6-13/h5-6,9-10,12H,2-4,7-8H2,1H3,(H,21,24)(H,20,22,23). The smallest absolute Gasteiger partial charge is 0.234 e. The molecule has 2 heterocycles. The lowest BCUT2D eigenvalue weighted by atomic mass is 9.83. The van der Waals surface area contributed by atoms with E-state index in [1.807, 2.05) is 12.1 Å². The van der Waals surface area contributed by atoms with E-state index in [-0.39, 0.29) is 11.2 Å². The van der Waals surface area contributed by atoms with Crippen LogP contribution in [-0.4, -0.2) is 36.9 Å². The summed E-state index contributed by atoms with van der Waals surface area (Å²) in [5.41, 5.74) is 0.169. The number of pyridine rings is 1. The van der Waals surface area contributed by atoms with Crippen LogP contribution in [0.1, 0.15) is 39.0 Å². The summed E-state index contributed by atoms with van der Waals surface area (Å²) < 4.78 is 0. The number of carbonyl (C=O) groups excluding carboxylic acids is 1. The van der Waals surface area contributed by atoms with Gasteiger partial charge in [-0.2, -0.15) is 5.26 Å². The van der Waals surface area contributed by atoms with Crippen molar-refractivity contribution < 1.29 is 4.79 Å². The van der Waals surface area contributed by atoms with Gasteiger partial charge in [-0.15, -0.1) is 5.10 Å². The zero-order chi connectivity index (χ0) is 17.7. The molecule has 1 amide bonds. The van der Waals surface area contributed by atoms with Gasteiger partial charge in [0.1, 0.15) is 5.54 Å². The van der Waals surface area contributed by atoms with Gasteiger partial charge < -0.3 is 5.32 Å². The Kier molecular flexibility index (Phi) is 5.34. The first-order valence-corrected chi connectivity index (χ1v) is 9.23. The number of carbonyl (C=O) groups is 1. The number of thioether (sulfide) groups is 1. The molecule has 8 heteroatoms. The van der Waals surface area contributed by atoms with Crippen LogP contribution in [0.25, 0.3) is 11.4 Å². The highest BCUT2D eigenvalue weighted by Crippen LogP contribution is 2.29. The minimum Gasteiger partial charge on any atom is -0.337 e. The van der Waals surface area contributed by atoms with E-state index in [0.29, 0.717) is 11.0 Å². The fourth-order valence-corrected chi connectivity index (χ4v) is 3.63. The predicted octanol–water partition coefficient (Wildman–Crippen LogP) is 2.69. The Hall–Kier alpha value is -2.40. The zero-order valence-corrected chi connectivity index (χ0v) is 14.8. The third-order valence-electron chi connectivity index (χ3n) is 4.35. The van der Waals surface area contributed by atoms with Crippen molar-refractivity contribution in [3.8, 4) is 17.5 Å². The van der Waals surface area contributed by atoms with E-state index in [1.165, 1.54) is 11.8 Å². The van der Waals surface area contributed by atoms with Crippen molar-refractivity contribution in [3.05, 3.63) is 24.5 Å². The van der Waals surface area contributed by atoms with Crippen molar-refractivity contribution in [1.82, 2.24) is 25.5 Å². The monoisotopic (exact) mass is 356 g/mol. The number of H-pyrrole nitrogens is 1. The van der Waals surface area contributed by atoms with E-state index in [4.69, 9.17) is 0 Å². The fraction of sp³-hybridized carbons (Fsp3) is 0.471. The quantitative estimate of drug-likeness (QED) is 0.798. The van der Waals surface area contributed by atoms with E-state index in [2.05, 4.69) is 31.6 Å². The fourth-order valence-electron chi connectivity index (χ4n) is 2.91. The number of nitriles is 1. The second-order valence-corrected chi connectivity index (χ2v) is 7.51. The molecule has 3 rings (SSSR count). The van der Waals surface area contributed by atoms with Crippen LogP contribution >= 0.6 is 11.8 Å². The molecule has 1 aliphatic rings. The molecule has 1 atom stereocenters. The molecule has 0 spiro atoms. The maximum absolute atomic E-state index is 12.5. The predicted molar refractivity (Wildman–Crippen MR) is 94.5 cm³/mol. The van der Waals surface area contributed by atoms with Gasteiger partial charge in [0.05, 0.1) is 11.3 Å². The van der Waals surface area contributed by atoms with Gasteiger partial charge in [-0.25, -0.2) is 4.98 Å². The molecule has 2 aromatic rings. The van der Waals surface area contributed by atoms with E-state index in [9.17, 15) is 10.1 Å². The average Bonchev–Trinajstić information content (AvgIpc) is 3.11. The lowest BCUT2D eigenvalue weighted by molar-refractivity contribution is -0.121. The number of aromatic amines is 1. The maximum atomic E-state index is 12.5. The molecule has 0 aromatic carbocycles. The van der Waals surface area contributed by atoms with Gasteiger partial charge in [0.15, 0.2) is 5.82 Å². The Morgan fingerprint density at radius 2 is 2.08 bits per heavy atom. The topological polar surface area (TPSA) is 107 Å². The van der Waals surface area contributed by atoms with Gasteiger partial charge in [0, 0.05) is 18.0 Å². The molecule has 0 radical (unpaired) electrons. The Labute approximate surface area is 150 Å². The highest BCUT2D eigenvalue weighted by Gasteiger charge is 2.35. The van der Waals surface area contributed by atoms with Crippen LogP contribution in [0.5, 0.6) is 0 Å². The summed E-state index contributed by atoms with van der Waals surface area (Å²) in [6.07, 6.45) is 7.90. The first kappa shape index (κ1) is 17.4. The Balaban J connectivity index is 1.62. The number of nitrogens with zero attached hydrogens (tertiary/aromatic N) is 4. The van der Waals surface area contributed by atoms with Gasteiger partial charge in [-0.05, 0) is 31.9 Å². The summed E-state index contributed by atoms with van der Waals surface area (Å²) in [5, 5.41) is 19.6. The molecule has 0 aliphatic heterocycles. The summed E-state index contributed by atoms with van der Waals surface area (Å²) in [4.78, 5) is 20.9. The lowest BCUT2D eigenvalue weighted by Gasteiger charge is -2.32. The van der Waals surface area contributed by atoms with Crippen molar-refractivity contribution in [2.75, 3.05) is 0 Å². The van der Waals surface area contributed by atoms with E-state index >= 15 is 0 Å². The Bertz CT molecular complexity index is 763. The minimum atomic E-state index is -0.717. The van der Waals surface area contributed by atoms with Crippen LogP contribution in [0, 0.1) is 11.3 Å². The molecule has 0 saturated heterocycles. The van der Waals surface area contributed by atoms with Crippen molar-refractivity contribution in [1.29, 1.82) is 5.26 Å². The molecule has 2 aromatic heterocycles. The number of nitrogens with one attached hydrogen (secondary N) is 2. The van der Waals surface area contributed by atoms with Gasteiger partial charge in [-0.1, -0.05) is 31.0 Å². The summed E-state index contributed by atoms with van der Waals surface area (Å²) in [5.74, 6) is 0.488. The van der Waals surface area contributed by atoms with Gasteiger partial charge in [0.25, 0.3) is 0 Å². The van der Waals surface area contributed by atoms with E-state index < -0.39 is 5.54 Å². The van der Waals surface area contributed by atoms with E-state index in [1.54, 1.807) is 19.3 Å². The van der Waals surface area contributed by atoms with Gasteiger partial charge >= 0.3 is 0 Å². The van der Waals surface area contributed by atoms with Crippen LogP contribution in [-0.2, 0) is 4.79 Å². The molecule has 1 fully saturated rings. The number of hydrogen-bond donors (Lipinski definition) is 2. The largest absolute Gasteiger partial charge is 0.337 e. The Morgan fingerprint density at radius 1 is 1.36 bits per heavy atom. The number of hydrogen-bond acceptors (Lipinski definition) is 6. The maximum Gasteiger partial charge on any atom is 0.234 e. The summed E-state index contributed by atoms with van der Waals surface area (Å²) >= 11 is 1.27. The van der Waals surface area contributed by atoms with Crippen molar-refractivity contribution in [2.45, 2.75) is 55.0 Å². The Morgan fingerprint density at radius 3 is 2.76 bits per heavy atom. The zero-order valence-electron chi connectivity index (χ0n) is 14.0. The molecular weight excluding hydrogens is 336 g/mol. The molecule has 1 aliphatic carbocycles. The third-order valence-corrected chi connectivity index (χ3v) is 5.31. The number of rotatable bonds is 5. The summed E-state index contributed by atoms with van der Waals surface area (Å²) in [6, 6.07) is 5.98. The molecule has 1 saturated carbocycles. The first-order valence-electron chi connectivity index (χ1n) is 8.35.